The molecule has 0 aliphatic heterocycles. The number of nitrogens with zero attached hydrogens (tertiary/aromatic N) is 2. The van der Waals surface area contributed by atoms with Crippen LogP contribution in [0.5, 0.6) is 0 Å². The lowest BCUT2D eigenvalue weighted by Gasteiger charge is -2.18. The molecule has 0 N–H and O–H groups in total. The maximum absolute atomic E-state index is 6.12. The molecule has 1 aliphatic rings. The van der Waals surface area contributed by atoms with E-state index in [4.69, 9.17) is 28.3 Å². The number of hydrogen-bond donors (Lipinski definition) is 0. The summed E-state index contributed by atoms with van der Waals surface area (Å²) in [5.41, 5.74) is 8.15. The molecule has 0 amide bonds. The van der Waals surface area contributed by atoms with E-state index in [1.54, 1.807) is 0 Å². The molecule has 0 saturated carbocycles. The molecular weight excluding hydrogens is 411 g/mol. The van der Waals surface area contributed by atoms with Gasteiger partial charge in [-0.1, -0.05) is 65.7 Å². The summed E-state index contributed by atoms with van der Waals surface area (Å²) in [4.78, 5) is 0. The monoisotopic (exact) mass is 430 g/mol. The van der Waals surface area contributed by atoms with Gasteiger partial charge in [0.1, 0.15) is 0 Å². The number of benzene rings is 3. The van der Waals surface area contributed by atoms with Crippen LogP contribution >= 0.6 is 23.2 Å². The lowest BCUT2D eigenvalue weighted by Crippen LogP contribution is -2.07. The zero-order valence-corrected chi connectivity index (χ0v) is 17.9. The highest BCUT2D eigenvalue weighted by Crippen LogP contribution is 2.39. The van der Waals surface area contributed by atoms with Crippen molar-refractivity contribution in [2.75, 3.05) is 0 Å². The number of allylic oxidation sites excluding steroid dienone is 1. The number of hydrogen-bond acceptors (Lipinski definition) is 1. The quantitative estimate of drug-likeness (QED) is 0.325. The van der Waals surface area contributed by atoms with Crippen LogP contribution < -0.4 is 0 Å². The molecule has 0 fully saturated rings. The topological polar surface area (TPSA) is 17.8 Å². The molecule has 1 aromatic heterocycles. The molecule has 0 spiro atoms. The maximum atomic E-state index is 6.12. The average molecular weight is 431 g/mol. The van der Waals surface area contributed by atoms with Crippen molar-refractivity contribution in [3.05, 3.63) is 106 Å². The maximum Gasteiger partial charge on any atom is 0.0966 e. The summed E-state index contributed by atoms with van der Waals surface area (Å²) in [5.74, 6) is 0. The first-order chi connectivity index (χ1) is 14.7. The second-order valence-electron chi connectivity index (χ2n) is 7.50. The van der Waals surface area contributed by atoms with E-state index in [1.165, 1.54) is 16.8 Å². The summed E-state index contributed by atoms with van der Waals surface area (Å²) < 4.78 is 2.10. The van der Waals surface area contributed by atoms with E-state index in [0.717, 1.165) is 51.8 Å². The lowest BCUT2D eigenvalue weighted by molar-refractivity contribution is 0.796. The van der Waals surface area contributed by atoms with Gasteiger partial charge < -0.3 is 0 Å². The third kappa shape index (κ3) is 3.69. The van der Waals surface area contributed by atoms with E-state index in [1.807, 2.05) is 30.3 Å². The zero-order valence-electron chi connectivity index (χ0n) is 16.4. The van der Waals surface area contributed by atoms with E-state index in [0.29, 0.717) is 0 Å². The standard InChI is InChI=1S/C26H20Cl2N2/c27-21-13-9-18(10-14-21)17-20-5-4-8-24-25(19-11-15-22(28)16-12-19)29-30(26(20)24)23-6-2-1-3-7-23/h1-3,6-7,9-17H,4-5,8H2/b20-17+. The summed E-state index contributed by atoms with van der Waals surface area (Å²) in [6.45, 7) is 0. The normalized spacial score (nSPS) is 14.7. The van der Waals surface area contributed by atoms with Crippen LogP contribution in [0, 0.1) is 0 Å². The van der Waals surface area contributed by atoms with E-state index < -0.39 is 0 Å². The summed E-state index contributed by atoms with van der Waals surface area (Å²) in [6, 6.07) is 26.3. The van der Waals surface area contributed by atoms with Crippen LogP contribution in [0.2, 0.25) is 10.0 Å². The Bertz CT molecular complexity index is 1200. The van der Waals surface area contributed by atoms with Crippen LogP contribution in [0.15, 0.2) is 78.9 Å². The fraction of sp³-hybridized carbons (Fsp3) is 0.115. The molecule has 4 heteroatoms. The summed E-state index contributed by atoms with van der Waals surface area (Å²) in [6.07, 6.45) is 5.40. The Labute approximate surface area is 186 Å². The molecule has 4 aromatic rings. The molecule has 0 unspecified atom stereocenters. The van der Waals surface area contributed by atoms with Gasteiger partial charge in [-0.05, 0) is 72.9 Å². The Balaban J connectivity index is 1.71. The predicted molar refractivity (Wildman–Crippen MR) is 126 cm³/mol. The second kappa shape index (κ2) is 8.14. The van der Waals surface area contributed by atoms with Gasteiger partial charge >= 0.3 is 0 Å². The molecule has 1 heterocycles. The minimum atomic E-state index is 0.735. The van der Waals surface area contributed by atoms with Gasteiger partial charge in [0, 0.05) is 21.2 Å². The van der Waals surface area contributed by atoms with Gasteiger partial charge in [-0.15, -0.1) is 0 Å². The van der Waals surface area contributed by atoms with E-state index >= 15 is 0 Å². The smallest absolute Gasteiger partial charge is 0.0966 e. The van der Waals surface area contributed by atoms with E-state index in [2.05, 4.69) is 59.3 Å². The first-order valence-corrected chi connectivity index (χ1v) is 10.8. The van der Waals surface area contributed by atoms with Crippen molar-refractivity contribution < 1.29 is 0 Å². The van der Waals surface area contributed by atoms with Gasteiger partial charge in [0.2, 0.25) is 0 Å². The number of rotatable bonds is 3. The van der Waals surface area contributed by atoms with Crippen molar-refractivity contribution >= 4 is 34.9 Å². The number of fused-ring (bicyclic) bond motifs is 1. The van der Waals surface area contributed by atoms with Gasteiger partial charge in [0.15, 0.2) is 0 Å². The van der Waals surface area contributed by atoms with Crippen LogP contribution in [0.25, 0.3) is 28.6 Å². The molecule has 2 nitrogen and oxygen atoms in total. The highest BCUT2D eigenvalue weighted by molar-refractivity contribution is 6.30. The highest BCUT2D eigenvalue weighted by atomic mass is 35.5. The van der Waals surface area contributed by atoms with Gasteiger partial charge in [0.25, 0.3) is 0 Å². The SMILES string of the molecule is Clc1ccc(/C=C2\CCCc3c(-c4ccc(Cl)cc4)nn(-c4ccccc4)c32)cc1. The van der Waals surface area contributed by atoms with Gasteiger partial charge in [-0.3, -0.25) is 0 Å². The molecule has 148 valence electrons. The Morgan fingerprint density at radius 2 is 1.43 bits per heavy atom. The first-order valence-electron chi connectivity index (χ1n) is 10.1. The van der Waals surface area contributed by atoms with Crippen LogP contribution in [0.1, 0.15) is 29.7 Å². The molecular formula is C26H20Cl2N2. The van der Waals surface area contributed by atoms with Crippen molar-refractivity contribution in [1.29, 1.82) is 0 Å². The zero-order chi connectivity index (χ0) is 20.5. The lowest BCUT2D eigenvalue weighted by atomic mass is 9.88. The molecule has 0 saturated heterocycles. The number of para-hydroxylation sites is 1. The molecule has 1 aliphatic carbocycles. The second-order valence-corrected chi connectivity index (χ2v) is 8.38. The third-order valence-electron chi connectivity index (χ3n) is 5.49. The van der Waals surface area contributed by atoms with Crippen molar-refractivity contribution in [3.63, 3.8) is 0 Å². The van der Waals surface area contributed by atoms with Crippen molar-refractivity contribution in [2.24, 2.45) is 0 Å². The van der Waals surface area contributed by atoms with E-state index in [-0.39, 0.29) is 0 Å². The summed E-state index contributed by atoms with van der Waals surface area (Å²) >= 11 is 12.2. The van der Waals surface area contributed by atoms with Crippen molar-refractivity contribution in [3.8, 4) is 16.9 Å². The van der Waals surface area contributed by atoms with Crippen LogP contribution in [0.4, 0.5) is 0 Å². The van der Waals surface area contributed by atoms with Crippen molar-refractivity contribution in [2.45, 2.75) is 19.3 Å². The predicted octanol–water partition coefficient (Wildman–Crippen LogP) is 7.72. The van der Waals surface area contributed by atoms with Crippen molar-refractivity contribution in [1.82, 2.24) is 9.78 Å². The van der Waals surface area contributed by atoms with Crippen LogP contribution in [-0.2, 0) is 6.42 Å². The Kier molecular flexibility index (Phi) is 5.20. The first kappa shape index (κ1) is 19.2. The highest BCUT2D eigenvalue weighted by Gasteiger charge is 2.25. The Hall–Kier alpha value is -2.81. The fourth-order valence-corrected chi connectivity index (χ4v) is 4.34. The molecule has 0 bridgehead atoms. The third-order valence-corrected chi connectivity index (χ3v) is 5.99. The molecule has 5 rings (SSSR count). The largest absolute Gasteiger partial charge is 0.233 e. The number of halogens is 2. The Morgan fingerprint density at radius 3 is 2.13 bits per heavy atom. The summed E-state index contributed by atoms with van der Waals surface area (Å²) in [5, 5.41) is 6.57. The van der Waals surface area contributed by atoms with Gasteiger partial charge in [-0.2, -0.15) is 5.10 Å². The minimum Gasteiger partial charge on any atom is -0.233 e. The Morgan fingerprint density at radius 1 is 0.767 bits per heavy atom. The number of aromatic nitrogens is 2. The fourth-order valence-electron chi connectivity index (χ4n) is 4.09. The molecule has 0 radical (unpaired) electrons. The molecule has 3 aromatic carbocycles. The molecule has 30 heavy (non-hydrogen) atoms. The minimum absolute atomic E-state index is 0.735. The van der Waals surface area contributed by atoms with Crippen LogP contribution in [-0.4, -0.2) is 9.78 Å². The van der Waals surface area contributed by atoms with Crippen LogP contribution in [0.3, 0.4) is 0 Å². The van der Waals surface area contributed by atoms with E-state index in [9.17, 15) is 0 Å². The molecule has 0 atom stereocenters. The van der Waals surface area contributed by atoms with Gasteiger partial charge in [0.05, 0.1) is 17.1 Å². The van der Waals surface area contributed by atoms with Gasteiger partial charge in [-0.25, -0.2) is 4.68 Å². The average Bonchev–Trinajstić information content (AvgIpc) is 3.17. The summed E-state index contributed by atoms with van der Waals surface area (Å²) in [7, 11) is 0.